The molecule has 0 atom stereocenters. The van der Waals surface area contributed by atoms with Crippen molar-refractivity contribution in [3.8, 4) is 0 Å². The first-order chi connectivity index (χ1) is 11.2. The highest BCUT2D eigenvalue weighted by Gasteiger charge is 1.99. The second-order valence-electron chi connectivity index (χ2n) is 5.81. The molecule has 0 aliphatic heterocycles. The van der Waals surface area contributed by atoms with Crippen LogP contribution in [-0.4, -0.2) is 0 Å². The maximum atomic E-state index is 3.48. The molecular formula is C22H21N. The van der Waals surface area contributed by atoms with E-state index in [1.54, 1.807) is 0 Å². The van der Waals surface area contributed by atoms with Crippen molar-refractivity contribution in [2.24, 2.45) is 0 Å². The number of anilines is 2. The van der Waals surface area contributed by atoms with Crippen molar-refractivity contribution >= 4 is 23.5 Å². The molecule has 1 heteroatoms. The molecule has 0 unspecified atom stereocenters. The van der Waals surface area contributed by atoms with E-state index in [2.05, 4.69) is 98.0 Å². The zero-order chi connectivity index (χ0) is 16.1. The summed E-state index contributed by atoms with van der Waals surface area (Å²) < 4.78 is 0. The van der Waals surface area contributed by atoms with Crippen molar-refractivity contribution in [2.45, 2.75) is 13.8 Å². The average molecular weight is 299 g/mol. The molecule has 0 spiro atoms. The lowest BCUT2D eigenvalue weighted by molar-refractivity contribution is 1.37. The lowest BCUT2D eigenvalue weighted by atomic mass is 10.1. The van der Waals surface area contributed by atoms with Crippen LogP contribution in [0.15, 0.2) is 72.8 Å². The lowest BCUT2D eigenvalue weighted by Crippen LogP contribution is -1.93. The standard InChI is InChI=1S/C22H21N/c1-17-8-15-22(18(2)16-17)23-21-13-11-20(12-14-21)10-9-19-6-4-3-5-7-19/h3-16,23H,1-2H3. The van der Waals surface area contributed by atoms with Gasteiger partial charge in [0.15, 0.2) is 0 Å². The zero-order valence-corrected chi connectivity index (χ0v) is 13.6. The van der Waals surface area contributed by atoms with E-state index in [0.29, 0.717) is 0 Å². The third-order valence-corrected chi connectivity index (χ3v) is 3.84. The fraction of sp³-hybridized carbons (Fsp3) is 0.0909. The first-order valence-corrected chi connectivity index (χ1v) is 7.88. The van der Waals surface area contributed by atoms with E-state index in [0.717, 1.165) is 11.4 Å². The van der Waals surface area contributed by atoms with E-state index >= 15 is 0 Å². The molecule has 114 valence electrons. The Labute approximate surface area is 138 Å². The first kappa shape index (κ1) is 15.1. The van der Waals surface area contributed by atoms with Crippen LogP contribution >= 0.6 is 0 Å². The number of benzene rings is 3. The minimum absolute atomic E-state index is 1.11. The zero-order valence-electron chi connectivity index (χ0n) is 13.6. The molecule has 0 saturated heterocycles. The first-order valence-electron chi connectivity index (χ1n) is 7.88. The van der Waals surface area contributed by atoms with Crippen molar-refractivity contribution in [3.05, 3.63) is 95.1 Å². The number of hydrogen-bond donors (Lipinski definition) is 1. The number of hydrogen-bond acceptors (Lipinski definition) is 1. The van der Waals surface area contributed by atoms with Crippen LogP contribution in [0.4, 0.5) is 11.4 Å². The van der Waals surface area contributed by atoms with Gasteiger partial charge in [0.2, 0.25) is 0 Å². The van der Waals surface area contributed by atoms with Gasteiger partial charge >= 0.3 is 0 Å². The summed E-state index contributed by atoms with van der Waals surface area (Å²) in [5.74, 6) is 0. The van der Waals surface area contributed by atoms with Gasteiger partial charge in [-0.2, -0.15) is 0 Å². The van der Waals surface area contributed by atoms with Gasteiger partial charge in [-0.1, -0.05) is 72.3 Å². The Hall–Kier alpha value is -2.80. The van der Waals surface area contributed by atoms with E-state index in [-0.39, 0.29) is 0 Å². The topological polar surface area (TPSA) is 12.0 Å². The molecule has 0 aromatic heterocycles. The predicted octanol–water partition coefficient (Wildman–Crippen LogP) is 6.22. The van der Waals surface area contributed by atoms with Crippen molar-refractivity contribution in [1.29, 1.82) is 0 Å². The SMILES string of the molecule is Cc1ccc(Nc2ccc(C=Cc3ccccc3)cc2)c(C)c1. The summed E-state index contributed by atoms with van der Waals surface area (Å²) in [6.07, 6.45) is 4.27. The summed E-state index contributed by atoms with van der Waals surface area (Å²) in [5, 5.41) is 3.48. The second-order valence-corrected chi connectivity index (χ2v) is 5.81. The lowest BCUT2D eigenvalue weighted by Gasteiger charge is -2.10. The van der Waals surface area contributed by atoms with Crippen molar-refractivity contribution in [3.63, 3.8) is 0 Å². The molecule has 0 aliphatic carbocycles. The summed E-state index contributed by atoms with van der Waals surface area (Å²) >= 11 is 0. The summed E-state index contributed by atoms with van der Waals surface area (Å²) in [6, 6.07) is 25.3. The van der Waals surface area contributed by atoms with E-state index in [9.17, 15) is 0 Å². The van der Waals surface area contributed by atoms with Gasteiger partial charge in [0.25, 0.3) is 0 Å². The highest BCUT2D eigenvalue weighted by Crippen LogP contribution is 2.22. The largest absolute Gasteiger partial charge is 0.355 e. The Bertz CT molecular complexity index is 799. The third-order valence-electron chi connectivity index (χ3n) is 3.84. The van der Waals surface area contributed by atoms with Crippen LogP contribution in [-0.2, 0) is 0 Å². The van der Waals surface area contributed by atoms with Gasteiger partial charge in [0, 0.05) is 11.4 Å². The molecule has 3 aromatic carbocycles. The van der Waals surface area contributed by atoms with E-state index < -0.39 is 0 Å². The van der Waals surface area contributed by atoms with Gasteiger partial charge in [-0.25, -0.2) is 0 Å². The molecule has 1 N–H and O–H groups in total. The normalized spacial score (nSPS) is 10.9. The minimum atomic E-state index is 1.11. The maximum Gasteiger partial charge on any atom is 0.0414 e. The third kappa shape index (κ3) is 4.10. The van der Waals surface area contributed by atoms with Crippen molar-refractivity contribution in [2.75, 3.05) is 5.32 Å². The molecule has 0 fully saturated rings. The molecule has 3 rings (SSSR count). The Morgan fingerprint density at radius 2 is 1.35 bits per heavy atom. The van der Waals surface area contributed by atoms with Crippen LogP contribution in [0.3, 0.4) is 0 Å². The number of nitrogens with one attached hydrogen (secondary N) is 1. The molecule has 0 amide bonds. The van der Waals surface area contributed by atoms with Crippen LogP contribution in [0.5, 0.6) is 0 Å². The Kier molecular flexibility index (Phi) is 4.58. The van der Waals surface area contributed by atoms with Gasteiger partial charge in [-0.3, -0.25) is 0 Å². The van der Waals surface area contributed by atoms with E-state index in [4.69, 9.17) is 0 Å². The fourth-order valence-electron chi connectivity index (χ4n) is 2.54. The molecule has 0 aliphatic rings. The summed E-state index contributed by atoms with van der Waals surface area (Å²) in [6.45, 7) is 4.25. The monoisotopic (exact) mass is 299 g/mol. The quantitative estimate of drug-likeness (QED) is 0.564. The van der Waals surface area contributed by atoms with Crippen molar-refractivity contribution in [1.82, 2.24) is 0 Å². The fourth-order valence-corrected chi connectivity index (χ4v) is 2.54. The smallest absolute Gasteiger partial charge is 0.0414 e. The average Bonchev–Trinajstić information content (AvgIpc) is 2.58. The van der Waals surface area contributed by atoms with Crippen LogP contribution in [0, 0.1) is 13.8 Å². The van der Waals surface area contributed by atoms with Gasteiger partial charge in [-0.05, 0) is 48.7 Å². The van der Waals surface area contributed by atoms with E-state index in [1.165, 1.54) is 22.3 Å². The number of aryl methyl sites for hydroxylation is 2. The molecular weight excluding hydrogens is 278 g/mol. The molecule has 1 nitrogen and oxygen atoms in total. The maximum absolute atomic E-state index is 3.48. The molecule has 23 heavy (non-hydrogen) atoms. The summed E-state index contributed by atoms with van der Waals surface area (Å²) in [7, 11) is 0. The van der Waals surface area contributed by atoms with Gasteiger partial charge in [0.05, 0.1) is 0 Å². The van der Waals surface area contributed by atoms with Gasteiger partial charge < -0.3 is 5.32 Å². The molecule has 0 saturated carbocycles. The van der Waals surface area contributed by atoms with Crippen LogP contribution < -0.4 is 5.32 Å². The Morgan fingerprint density at radius 3 is 2.00 bits per heavy atom. The number of rotatable bonds is 4. The van der Waals surface area contributed by atoms with Crippen LogP contribution in [0.1, 0.15) is 22.3 Å². The molecule has 0 radical (unpaired) electrons. The van der Waals surface area contributed by atoms with Crippen LogP contribution in [0.25, 0.3) is 12.2 Å². The minimum Gasteiger partial charge on any atom is -0.355 e. The second kappa shape index (κ2) is 6.97. The predicted molar refractivity (Wildman–Crippen MR) is 101 cm³/mol. The Morgan fingerprint density at radius 1 is 0.696 bits per heavy atom. The van der Waals surface area contributed by atoms with E-state index in [1.807, 2.05) is 6.07 Å². The highest BCUT2D eigenvalue weighted by atomic mass is 14.9. The van der Waals surface area contributed by atoms with Gasteiger partial charge in [-0.15, -0.1) is 0 Å². The molecule has 3 aromatic rings. The Balaban J connectivity index is 1.71. The molecule has 0 bridgehead atoms. The summed E-state index contributed by atoms with van der Waals surface area (Å²) in [4.78, 5) is 0. The summed E-state index contributed by atoms with van der Waals surface area (Å²) in [5.41, 5.74) is 7.22. The molecule has 0 heterocycles. The van der Waals surface area contributed by atoms with Gasteiger partial charge in [0.1, 0.15) is 0 Å². The highest BCUT2D eigenvalue weighted by molar-refractivity contribution is 5.71. The van der Waals surface area contributed by atoms with Crippen LogP contribution in [0.2, 0.25) is 0 Å². The van der Waals surface area contributed by atoms with Crippen molar-refractivity contribution < 1.29 is 0 Å².